The Hall–Kier alpha value is -2.56. The van der Waals surface area contributed by atoms with Crippen LogP contribution in [0.15, 0.2) is 48.5 Å². The van der Waals surface area contributed by atoms with Gasteiger partial charge in [-0.25, -0.2) is 9.18 Å². The van der Waals surface area contributed by atoms with Crippen LogP contribution in [0.1, 0.15) is 12.5 Å². The van der Waals surface area contributed by atoms with Gasteiger partial charge in [0.15, 0.2) is 0 Å². The first-order valence-electron chi connectivity index (χ1n) is 6.69. The highest BCUT2D eigenvalue weighted by atomic mass is 19.1. The van der Waals surface area contributed by atoms with Crippen LogP contribution in [0.5, 0.6) is 5.75 Å². The van der Waals surface area contributed by atoms with Crippen molar-refractivity contribution in [2.75, 3.05) is 11.9 Å². The number of carbonyl (C=O) groups excluding carboxylic acids is 1. The smallest absolute Gasteiger partial charge is 0.319 e. The zero-order chi connectivity index (χ0) is 15.1. The van der Waals surface area contributed by atoms with Gasteiger partial charge in [0.05, 0.1) is 6.61 Å². The molecule has 2 amide bonds. The van der Waals surface area contributed by atoms with Crippen LogP contribution in [0.4, 0.5) is 14.9 Å². The predicted molar refractivity (Wildman–Crippen MR) is 79.9 cm³/mol. The van der Waals surface area contributed by atoms with E-state index in [4.69, 9.17) is 4.74 Å². The quantitative estimate of drug-likeness (QED) is 0.884. The number of hydrogen-bond acceptors (Lipinski definition) is 2. The van der Waals surface area contributed by atoms with E-state index < -0.39 is 0 Å². The second kappa shape index (κ2) is 7.28. The SMILES string of the molecule is CCOc1cccc(NC(=O)NCc2cccc(F)c2)c1. The van der Waals surface area contributed by atoms with Crippen LogP contribution in [-0.2, 0) is 6.54 Å². The monoisotopic (exact) mass is 288 g/mol. The molecule has 0 unspecified atom stereocenters. The van der Waals surface area contributed by atoms with Gasteiger partial charge >= 0.3 is 6.03 Å². The third-order valence-electron chi connectivity index (χ3n) is 2.75. The first-order valence-corrected chi connectivity index (χ1v) is 6.69. The van der Waals surface area contributed by atoms with E-state index in [0.29, 0.717) is 23.6 Å². The molecule has 0 aromatic heterocycles. The van der Waals surface area contributed by atoms with Crippen molar-refractivity contribution in [3.8, 4) is 5.75 Å². The van der Waals surface area contributed by atoms with Gasteiger partial charge in [-0.05, 0) is 36.8 Å². The summed E-state index contributed by atoms with van der Waals surface area (Å²) in [6.45, 7) is 2.72. The lowest BCUT2D eigenvalue weighted by atomic mass is 10.2. The molecule has 0 saturated heterocycles. The van der Waals surface area contributed by atoms with Crippen LogP contribution in [0.25, 0.3) is 0 Å². The van der Waals surface area contributed by atoms with Gasteiger partial charge in [-0.2, -0.15) is 0 Å². The molecular formula is C16H17FN2O2. The Morgan fingerprint density at radius 3 is 2.76 bits per heavy atom. The first-order chi connectivity index (χ1) is 10.2. The molecule has 0 aliphatic rings. The highest BCUT2D eigenvalue weighted by molar-refractivity contribution is 5.89. The van der Waals surface area contributed by atoms with Gasteiger partial charge in [0.2, 0.25) is 0 Å². The third kappa shape index (κ3) is 4.80. The van der Waals surface area contributed by atoms with Gasteiger partial charge < -0.3 is 15.4 Å². The molecule has 5 heteroatoms. The number of hydrogen-bond donors (Lipinski definition) is 2. The van der Waals surface area contributed by atoms with Crippen LogP contribution in [0, 0.1) is 5.82 Å². The fraction of sp³-hybridized carbons (Fsp3) is 0.188. The summed E-state index contributed by atoms with van der Waals surface area (Å²) in [6, 6.07) is 12.9. The van der Waals surface area contributed by atoms with Gasteiger partial charge in [-0.15, -0.1) is 0 Å². The number of halogens is 1. The Labute approximate surface area is 122 Å². The summed E-state index contributed by atoms with van der Waals surface area (Å²) in [4.78, 5) is 11.8. The molecule has 0 spiro atoms. The summed E-state index contributed by atoms with van der Waals surface area (Å²) in [7, 11) is 0. The van der Waals surface area contributed by atoms with Crippen molar-refractivity contribution in [2.45, 2.75) is 13.5 Å². The highest BCUT2D eigenvalue weighted by Gasteiger charge is 2.03. The van der Waals surface area contributed by atoms with Crippen molar-refractivity contribution in [3.05, 3.63) is 59.9 Å². The van der Waals surface area contributed by atoms with Crippen molar-refractivity contribution in [3.63, 3.8) is 0 Å². The predicted octanol–water partition coefficient (Wildman–Crippen LogP) is 3.55. The van der Waals surface area contributed by atoms with E-state index in [2.05, 4.69) is 10.6 Å². The Morgan fingerprint density at radius 2 is 2.00 bits per heavy atom. The summed E-state index contributed by atoms with van der Waals surface area (Å²) in [6.07, 6.45) is 0. The van der Waals surface area contributed by atoms with E-state index in [1.807, 2.05) is 13.0 Å². The van der Waals surface area contributed by atoms with E-state index in [1.54, 1.807) is 30.3 Å². The number of amides is 2. The minimum absolute atomic E-state index is 0.259. The number of carbonyl (C=O) groups is 1. The second-order valence-corrected chi connectivity index (χ2v) is 4.40. The highest BCUT2D eigenvalue weighted by Crippen LogP contribution is 2.17. The normalized spacial score (nSPS) is 10.0. The molecule has 21 heavy (non-hydrogen) atoms. The molecule has 2 rings (SSSR count). The molecule has 0 aliphatic carbocycles. The maximum atomic E-state index is 13.0. The van der Waals surface area contributed by atoms with Gasteiger partial charge in [0, 0.05) is 18.3 Å². The lowest BCUT2D eigenvalue weighted by molar-refractivity contribution is 0.251. The molecule has 0 aliphatic heterocycles. The first kappa shape index (κ1) is 14.8. The number of benzene rings is 2. The number of urea groups is 1. The topological polar surface area (TPSA) is 50.4 Å². The number of rotatable bonds is 5. The fourth-order valence-electron chi connectivity index (χ4n) is 1.83. The summed E-state index contributed by atoms with van der Waals surface area (Å²) < 4.78 is 18.4. The van der Waals surface area contributed by atoms with Gasteiger partial charge in [-0.3, -0.25) is 0 Å². The Balaban J connectivity index is 1.88. The van der Waals surface area contributed by atoms with Gasteiger partial charge in [0.25, 0.3) is 0 Å². The van der Waals surface area contributed by atoms with Crippen LogP contribution in [-0.4, -0.2) is 12.6 Å². The maximum absolute atomic E-state index is 13.0. The summed E-state index contributed by atoms with van der Waals surface area (Å²) in [5, 5.41) is 5.37. The molecule has 0 radical (unpaired) electrons. The fourth-order valence-corrected chi connectivity index (χ4v) is 1.83. The van der Waals surface area contributed by atoms with Gasteiger partial charge in [-0.1, -0.05) is 18.2 Å². The minimum atomic E-state index is -0.354. The average molecular weight is 288 g/mol. The van der Waals surface area contributed by atoms with E-state index >= 15 is 0 Å². The van der Waals surface area contributed by atoms with E-state index in [0.717, 1.165) is 0 Å². The van der Waals surface area contributed by atoms with Crippen molar-refractivity contribution in [1.29, 1.82) is 0 Å². The molecule has 0 bridgehead atoms. The van der Waals surface area contributed by atoms with Crippen molar-refractivity contribution in [2.24, 2.45) is 0 Å². The molecule has 110 valence electrons. The molecule has 2 N–H and O–H groups in total. The van der Waals surface area contributed by atoms with Crippen LogP contribution < -0.4 is 15.4 Å². The summed E-state index contributed by atoms with van der Waals surface area (Å²) in [5.41, 5.74) is 1.34. The number of ether oxygens (including phenoxy) is 1. The second-order valence-electron chi connectivity index (χ2n) is 4.40. The Bertz CT molecular complexity index is 617. The molecule has 2 aromatic carbocycles. The summed E-state index contributed by atoms with van der Waals surface area (Å²) in [5.74, 6) is 0.375. The van der Waals surface area contributed by atoms with Crippen molar-refractivity contribution >= 4 is 11.7 Å². The van der Waals surface area contributed by atoms with Crippen LogP contribution >= 0.6 is 0 Å². The standard InChI is InChI=1S/C16H17FN2O2/c1-2-21-15-8-4-7-14(10-15)19-16(20)18-11-12-5-3-6-13(17)9-12/h3-10H,2,11H2,1H3,(H2,18,19,20). The van der Waals surface area contributed by atoms with E-state index in [1.165, 1.54) is 12.1 Å². The molecule has 4 nitrogen and oxygen atoms in total. The molecule has 0 fully saturated rings. The molecule has 0 heterocycles. The average Bonchev–Trinajstić information content (AvgIpc) is 2.46. The molecular weight excluding hydrogens is 271 g/mol. The summed E-state index contributed by atoms with van der Waals surface area (Å²) >= 11 is 0. The molecule has 0 saturated carbocycles. The number of anilines is 1. The maximum Gasteiger partial charge on any atom is 0.319 e. The molecule has 0 atom stereocenters. The third-order valence-corrected chi connectivity index (χ3v) is 2.75. The lowest BCUT2D eigenvalue weighted by Crippen LogP contribution is -2.28. The van der Waals surface area contributed by atoms with Crippen molar-refractivity contribution in [1.82, 2.24) is 5.32 Å². The zero-order valence-electron chi connectivity index (χ0n) is 11.7. The zero-order valence-corrected chi connectivity index (χ0v) is 11.7. The Morgan fingerprint density at radius 1 is 1.19 bits per heavy atom. The number of nitrogens with one attached hydrogen (secondary N) is 2. The molecule has 2 aromatic rings. The van der Waals surface area contributed by atoms with Gasteiger partial charge in [0.1, 0.15) is 11.6 Å². The van der Waals surface area contributed by atoms with E-state index in [9.17, 15) is 9.18 Å². The van der Waals surface area contributed by atoms with Crippen LogP contribution in [0.3, 0.4) is 0 Å². The van der Waals surface area contributed by atoms with E-state index in [-0.39, 0.29) is 18.4 Å². The van der Waals surface area contributed by atoms with Crippen molar-refractivity contribution < 1.29 is 13.9 Å². The Kier molecular flexibility index (Phi) is 5.15. The minimum Gasteiger partial charge on any atom is -0.494 e. The lowest BCUT2D eigenvalue weighted by Gasteiger charge is -2.09. The van der Waals surface area contributed by atoms with Crippen LogP contribution in [0.2, 0.25) is 0 Å². The largest absolute Gasteiger partial charge is 0.494 e.